The molecule has 0 unspecified atom stereocenters. The Hall–Kier alpha value is -2.62. The lowest BCUT2D eigenvalue weighted by Crippen LogP contribution is -2.19. The smallest absolute Gasteiger partial charge is 0.277 e. The van der Waals surface area contributed by atoms with Gasteiger partial charge in [-0.1, -0.05) is 59.4 Å². The van der Waals surface area contributed by atoms with Crippen LogP contribution in [0.1, 0.15) is 62.5 Å². The van der Waals surface area contributed by atoms with Crippen molar-refractivity contribution in [1.82, 2.24) is 21.3 Å². The molecule has 2 rings (SSSR count). The minimum Gasteiger partial charge on any atom is -0.496 e. The van der Waals surface area contributed by atoms with Crippen LogP contribution in [0.3, 0.4) is 0 Å². The molecule has 2 aromatic carbocycles. The molecule has 4 N–H and O–H groups in total. The summed E-state index contributed by atoms with van der Waals surface area (Å²) in [4.78, 5) is 21.8. The van der Waals surface area contributed by atoms with Crippen molar-refractivity contribution in [3.8, 4) is 11.5 Å². The van der Waals surface area contributed by atoms with Gasteiger partial charge in [-0.3, -0.25) is 20.2 Å². The molecule has 0 aliphatic carbocycles. The fourth-order valence-electron chi connectivity index (χ4n) is 4.92. The number of nitrogens with one attached hydrogen (secondary N) is 4. The van der Waals surface area contributed by atoms with E-state index in [0.29, 0.717) is 35.7 Å². The van der Waals surface area contributed by atoms with Gasteiger partial charge in [0.2, 0.25) is 0 Å². The Morgan fingerprint density at radius 1 is 0.565 bits per heavy atom. The van der Waals surface area contributed by atoms with Crippen molar-refractivity contribution >= 4 is 33.0 Å². The summed E-state index contributed by atoms with van der Waals surface area (Å²) in [5, 5.41) is 36.2. The van der Waals surface area contributed by atoms with Gasteiger partial charge in [-0.05, 0) is 64.0 Å². The van der Waals surface area contributed by atoms with Crippen LogP contribution in [0, 0.1) is 20.2 Å². The molecule has 0 radical (unpaired) electrons. The largest absolute Gasteiger partial charge is 0.496 e. The number of unbranched alkanes of at least 4 members (excludes halogenated alkanes) is 6. The van der Waals surface area contributed by atoms with Crippen molar-refractivity contribution in [2.24, 2.45) is 0 Å². The van der Waals surface area contributed by atoms with Crippen LogP contribution in [0.2, 0.25) is 0 Å². The van der Waals surface area contributed by atoms with Gasteiger partial charge >= 0.3 is 0 Å². The number of rotatable bonds is 29. The third kappa shape index (κ3) is 16.3. The summed E-state index contributed by atoms with van der Waals surface area (Å²) in [5.74, 6) is 3.29. The van der Waals surface area contributed by atoms with Gasteiger partial charge in [0.1, 0.15) is 11.5 Å². The lowest BCUT2D eigenvalue weighted by Gasteiger charge is -2.10. The number of nitro benzene ring substituents is 2. The third-order valence-electron chi connectivity index (χ3n) is 7.38. The van der Waals surface area contributed by atoms with Gasteiger partial charge in [-0.2, -0.15) is 0 Å². The summed E-state index contributed by atoms with van der Waals surface area (Å²) in [6, 6.07) is 9.83. The Bertz CT molecular complexity index is 1060. The summed E-state index contributed by atoms with van der Waals surface area (Å²) in [6.45, 7) is 6.63. The SMILES string of the molecule is COc1cccc([N+](=O)[O-])c1CNCCCCCCNCCSSCCNCCCCCCNCc1c(OC)cccc1[N+](=O)[O-]. The van der Waals surface area contributed by atoms with Crippen molar-refractivity contribution < 1.29 is 19.3 Å². The van der Waals surface area contributed by atoms with Crippen LogP contribution in [0.15, 0.2) is 36.4 Å². The molecule has 0 amide bonds. The van der Waals surface area contributed by atoms with Crippen molar-refractivity contribution in [3.05, 3.63) is 67.8 Å². The molecule has 0 bridgehead atoms. The Morgan fingerprint density at radius 3 is 1.28 bits per heavy atom. The van der Waals surface area contributed by atoms with Gasteiger partial charge in [0.15, 0.2) is 0 Å². The molecule has 14 heteroatoms. The predicted octanol–water partition coefficient (Wildman–Crippen LogP) is 6.08. The second-order valence-corrected chi connectivity index (χ2v) is 13.5. The van der Waals surface area contributed by atoms with Gasteiger partial charge in [0, 0.05) is 49.8 Å². The molecule has 0 aromatic heterocycles. The molecule has 0 fully saturated rings. The zero-order valence-electron chi connectivity index (χ0n) is 27.4. The summed E-state index contributed by atoms with van der Waals surface area (Å²) in [7, 11) is 6.91. The topological polar surface area (TPSA) is 153 Å². The first kappa shape index (κ1) is 39.6. The summed E-state index contributed by atoms with van der Waals surface area (Å²) >= 11 is 0. The molecule has 0 heterocycles. The van der Waals surface area contributed by atoms with E-state index in [1.54, 1.807) is 24.3 Å². The molecule has 12 nitrogen and oxygen atoms in total. The molecule has 0 saturated heterocycles. The molecule has 2 aromatic rings. The number of ether oxygens (including phenoxy) is 2. The highest BCUT2D eigenvalue weighted by atomic mass is 33.1. The number of nitro groups is 2. The summed E-state index contributed by atoms with van der Waals surface area (Å²) < 4.78 is 10.6. The maximum absolute atomic E-state index is 11.3. The van der Waals surface area contributed by atoms with E-state index >= 15 is 0 Å². The third-order valence-corrected chi connectivity index (χ3v) is 9.78. The maximum atomic E-state index is 11.3. The van der Waals surface area contributed by atoms with Gasteiger partial charge in [0.05, 0.1) is 35.2 Å². The van der Waals surface area contributed by atoms with Crippen LogP contribution in [-0.4, -0.2) is 74.8 Å². The number of methoxy groups -OCH3 is 2. The summed E-state index contributed by atoms with van der Waals surface area (Å²) in [6.07, 6.45) is 9.02. The second-order valence-electron chi connectivity index (χ2n) is 10.8. The van der Waals surface area contributed by atoms with Crippen LogP contribution >= 0.6 is 21.6 Å². The lowest BCUT2D eigenvalue weighted by molar-refractivity contribution is -0.385. The molecule has 46 heavy (non-hydrogen) atoms. The zero-order valence-corrected chi connectivity index (χ0v) is 29.0. The number of hydrogen-bond donors (Lipinski definition) is 4. The van der Waals surface area contributed by atoms with Gasteiger partial charge in [-0.25, -0.2) is 0 Å². The van der Waals surface area contributed by atoms with Gasteiger partial charge in [0.25, 0.3) is 11.4 Å². The van der Waals surface area contributed by atoms with E-state index in [4.69, 9.17) is 9.47 Å². The number of benzene rings is 2. The molecule has 0 aliphatic rings. The fourth-order valence-corrected chi connectivity index (χ4v) is 6.82. The maximum Gasteiger partial charge on any atom is 0.277 e. The van der Waals surface area contributed by atoms with E-state index in [9.17, 15) is 20.2 Å². The average Bonchev–Trinajstić information content (AvgIpc) is 3.06. The van der Waals surface area contributed by atoms with Crippen molar-refractivity contribution in [1.29, 1.82) is 0 Å². The molecule has 0 spiro atoms. The molecular weight excluding hydrogens is 629 g/mol. The first-order valence-electron chi connectivity index (χ1n) is 16.2. The van der Waals surface area contributed by atoms with E-state index in [1.165, 1.54) is 39.2 Å². The Kier molecular flexibility index (Phi) is 21.9. The molecule has 258 valence electrons. The fraction of sp³-hybridized carbons (Fsp3) is 0.625. The van der Waals surface area contributed by atoms with E-state index in [-0.39, 0.29) is 21.2 Å². The number of nitrogens with zero attached hydrogens (tertiary/aromatic N) is 2. The quantitative estimate of drug-likeness (QED) is 0.0341. The number of hydrogen-bond acceptors (Lipinski definition) is 12. The molecular formula is C32H52N6O6S2. The summed E-state index contributed by atoms with van der Waals surface area (Å²) in [5.41, 5.74) is 1.38. The Morgan fingerprint density at radius 2 is 0.935 bits per heavy atom. The second kappa shape index (κ2) is 25.5. The highest BCUT2D eigenvalue weighted by molar-refractivity contribution is 8.76. The van der Waals surface area contributed by atoms with Gasteiger partial charge < -0.3 is 30.7 Å². The van der Waals surface area contributed by atoms with Crippen molar-refractivity contribution in [2.45, 2.75) is 64.5 Å². The minimum absolute atomic E-state index is 0.0940. The average molecular weight is 681 g/mol. The van der Waals surface area contributed by atoms with Gasteiger partial charge in [-0.15, -0.1) is 0 Å². The highest BCUT2D eigenvalue weighted by Gasteiger charge is 2.18. The van der Waals surface area contributed by atoms with Crippen LogP contribution in [-0.2, 0) is 13.1 Å². The highest BCUT2D eigenvalue weighted by Crippen LogP contribution is 2.29. The minimum atomic E-state index is -0.360. The molecule has 0 atom stereocenters. The van der Waals surface area contributed by atoms with Crippen LogP contribution in [0.4, 0.5) is 11.4 Å². The Balaban J connectivity index is 1.31. The van der Waals surface area contributed by atoms with Crippen LogP contribution < -0.4 is 30.7 Å². The Labute approximate surface area is 281 Å². The van der Waals surface area contributed by atoms with E-state index in [0.717, 1.165) is 89.3 Å². The normalized spacial score (nSPS) is 11.1. The molecule has 0 saturated carbocycles. The van der Waals surface area contributed by atoms with Crippen molar-refractivity contribution in [2.75, 3.05) is 65.0 Å². The molecule has 0 aliphatic heterocycles. The van der Waals surface area contributed by atoms with E-state index in [1.807, 2.05) is 21.6 Å². The van der Waals surface area contributed by atoms with Crippen LogP contribution in [0.25, 0.3) is 0 Å². The zero-order chi connectivity index (χ0) is 33.2. The van der Waals surface area contributed by atoms with Crippen LogP contribution in [0.5, 0.6) is 11.5 Å². The standard InChI is InChI=1S/C32H52N6O6S2/c1-43-31-15-11-13-29(37(39)40)27(31)25-35-19-9-5-3-7-17-33-21-23-45-46-24-22-34-18-8-4-6-10-20-36-26-28-30(38(41)42)14-12-16-32(28)44-2/h11-16,33-36H,3-10,17-26H2,1-2H3. The van der Waals surface area contributed by atoms with E-state index in [2.05, 4.69) is 21.3 Å². The van der Waals surface area contributed by atoms with E-state index < -0.39 is 0 Å². The first-order valence-corrected chi connectivity index (χ1v) is 18.7. The predicted molar refractivity (Wildman–Crippen MR) is 190 cm³/mol. The monoisotopic (exact) mass is 680 g/mol. The van der Waals surface area contributed by atoms with Crippen molar-refractivity contribution in [3.63, 3.8) is 0 Å². The lowest BCUT2D eigenvalue weighted by atomic mass is 10.1. The first-order chi connectivity index (χ1) is 22.5.